The molecule has 1 amide bonds. The molecule has 1 aliphatic rings. The first kappa shape index (κ1) is 14.1. The molecule has 2 unspecified atom stereocenters. The fraction of sp³-hybridized carbons (Fsp3) is 0.562. The van der Waals surface area contributed by atoms with E-state index in [1.807, 2.05) is 12.1 Å². The number of nitrogens with one attached hydrogen (secondary N) is 1. The van der Waals surface area contributed by atoms with Gasteiger partial charge in [-0.25, -0.2) is 0 Å². The number of rotatable bonds is 5. The van der Waals surface area contributed by atoms with Crippen LogP contribution in [0.5, 0.6) is 0 Å². The highest BCUT2D eigenvalue weighted by molar-refractivity contribution is 5.92. The number of hydrogen-bond donors (Lipinski definition) is 2. The molecule has 1 aromatic carbocycles. The van der Waals surface area contributed by atoms with Crippen LogP contribution in [0.2, 0.25) is 0 Å². The fourth-order valence-corrected chi connectivity index (χ4v) is 3.13. The molecule has 0 spiro atoms. The Morgan fingerprint density at radius 3 is 3.00 bits per heavy atom. The highest BCUT2D eigenvalue weighted by Crippen LogP contribution is 2.33. The summed E-state index contributed by atoms with van der Waals surface area (Å²) in [7, 11) is 0. The van der Waals surface area contributed by atoms with E-state index < -0.39 is 0 Å². The lowest BCUT2D eigenvalue weighted by Gasteiger charge is -2.31. The Morgan fingerprint density at radius 1 is 1.53 bits per heavy atom. The zero-order chi connectivity index (χ0) is 13.7. The molecule has 1 saturated heterocycles. The van der Waals surface area contributed by atoms with Gasteiger partial charge >= 0.3 is 0 Å². The number of primary amides is 1. The fourth-order valence-electron chi connectivity index (χ4n) is 3.13. The van der Waals surface area contributed by atoms with E-state index in [0.717, 1.165) is 13.1 Å². The Morgan fingerprint density at radius 2 is 2.37 bits per heavy atom. The largest absolute Gasteiger partial charge is 0.366 e. The average molecular weight is 260 g/mol. The number of hydrogen-bond acceptors (Lipinski definition) is 2. The minimum atomic E-state index is -0.334. The second-order valence-corrected chi connectivity index (χ2v) is 5.49. The maximum atomic E-state index is 11.3. The molecule has 1 aromatic rings. The van der Waals surface area contributed by atoms with E-state index in [-0.39, 0.29) is 5.91 Å². The van der Waals surface area contributed by atoms with Gasteiger partial charge in [0.2, 0.25) is 5.91 Å². The second-order valence-electron chi connectivity index (χ2n) is 5.49. The van der Waals surface area contributed by atoms with E-state index in [4.69, 9.17) is 5.73 Å². The second kappa shape index (κ2) is 6.71. The van der Waals surface area contributed by atoms with Crippen LogP contribution in [0.3, 0.4) is 0 Å². The summed E-state index contributed by atoms with van der Waals surface area (Å²) in [5.41, 5.74) is 7.28. The van der Waals surface area contributed by atoms with Crippen LogP contribution in [-0.2, 0) is 0 Å². The van der Waals surface area contributed by atoms with E-state index in [1.54, 1.807) is 6.07 Å². The maximum absolute atomic E-state index is 11.3. The predicted octanol–water partition coefficient (Wildman–Crippen LogP) is 2.67. The summed E-state index contributed by atoms with van der Waals surface area (Å²) in [5.74, 6) is 0.882. The quantitative estimate of drug-likeness (QED) is 0.855. The molecule has 0 radical (unpaired) electrons. The SMILES string of the molecule is CCCC(c1cccc(C(N)=O)c1)C1CCCNC1. The zero-order valence-corrected chi connectivity index (χ0v) is 11.7. The van der Waals surface area contributed by atoms with E-state index in [0.29, 0.717) is 17.4 Å². The Kier molecular flexibility index (Phi) is 4.97. The van der Waals surface area contributed by atoms with Crippen LogP contribution in [0, 0.1) is 5.92 Å². The minimum Gasteiger partial charge on any atom is -0.366 e. The number of amides is 1. The van der Waals surface area contributed by atoms with Crippen LogP contribution >= 0.6 is 0 Å². The van der Waals surface area contributed by atoms with Gasteiger partial charge in [-0.3, -0.25) is 4.79 Å². The van der Waals surface area contributed by atoms with E-state index in [1.165, 1.54) is 31.2 Å². The summed E-state index contributed by atoms with van der Waals surface area (Å²) in [6.07, 6.45) is 4.87. The van der Waals surface area contributed by atoms with Gasteiger partial charge in [-0.2, -0.15) is 0 Å². The number of carbonyl (C=O) groups is 1. The summed E-state index contributed by atoms with van der Waals surface area (Å²) in [6.45, 7) is 4.45. The van der Waals surface area contributed by atoms with Gasteiger partial charge < -0.3 is 11.1 Å². The zero-order valence-electron chi connectivity index (χ0n) is 11.7. The van der Waals surface area contributed by atoms with Crippen molar-refractivity contribution < 1.29 is 4.79 Å². The van der Waals surface area contributed by atoms with Crippen molar-refractivity contribution in [2.45, 2.75) is 38.5 Å². The lowest BCUT2D eigenvalue weighted by Crippen LogP contribution is -2.33. The van der Waals surface area contributed by atoms with E-state index in [2.05, 4.69) is 18.3 Å². The smallest absolute Gasteiger partial charge is 0.248 e. The number of carbonyl (C=O) groups excluding carboxylic acids is 1. The molecule has 1 heterocycles. The van der Waals surface area contributed by atoms with Gasteiger partial charge in [0.15, 0.2) is 0 Å². The van der Waals surface area contributed by atoms with Crippen molar-refractivity contribution in [2.24, 2.45) is 11.7 Å². The summed E-state index contributed by atoms with van der Waals surface area (Å²) in [5, 5.41) is 3.49. The van der Waals surface area contributed by atoms with Crippen molar-refractivity contribution in [3.8, 4) is 0 Å². The van der Waals surface area contributed by atoms with Crippen molar-refractivity contribution in [1.82, 2.24) is 5.32 Å². The molecule has 0 aliphatic carbocycles. The molecule has 3 N–H and O–H groups in total. The lowest BCUT2D eigenvalue weighted by molar-refractivity contribution is 0.1000. The average Bonchev–Trinajstić information content (AvgIpc) is 2.46. The molecule has 1 fully saturated rings. The molecule has 2 atom stereocenters. The van der Waals surface area contributed by atoms with Crippen molar-refractivity contribution in [1.29, 1.82) is 0 Å². The molecule has 3 nitrogen and oxygen atoms in total. The number of benzene rings is 1. The summed E-state index contributed by atoms with van der Waals surface area (Å²) in [6, 6.07) is 7.88. The van der Waals surface area contributed by atoms with Crippen LogP contribution < -0.4 is 11.1 Å². The lowest BCUT2D eigenvalue weighted by atomic mass is 9.78. The maximum Gasteiger partial charge on any atom is 0.248 e. The molecular formula is C16H24N2O. The molecule has 2 rings (SSSR count). The Labute approximate surface area is 115 Å². The summed E-state index contributed by atoms with van der Waals surface area (Å²) >= 11 is 0. The normalized spacial score (nSPS) is 21.0. The molecule has 1 aliphatic heterocycles. The van der Waals surface area contributed by atoms with Gasteiger partial charge in [0.1, 0.15) is 0 Å². The van der Waals surface area contributed by atoms with Gasteiger partial charge in [-0.15, -0.1) is 0 Å². The van der Waals surface area contributed by atoms with E-state index in [9.17, 15) is 4.79 Å². The van der Waals surface area contributed by atoms with Crippen LogP contribution in [0.4, 0.5) is 0 Å². The molecule has 3 heteroatoms. The van der Waals surface area contributed by atoms with Crippen LogP contribution in [0.1, 0.15) is 54.4 Å². The first-order valence-corrected chi connectivity index (χ1v) is 7.33. The Hall–Kier alpha value is -1.35. The molecule has 0 aromatic heterocycles. The minimum absolute atomic E-state index is 0.334. The highest BCUT2D eigenvalue weighted by Gasteiger charge is 2.24. The van der Waals surface area contributed by atoms with Crippen molar-refractivity contribution >= 4 is 5.91 Å². The molecular weight excluding hydrogens is 236 g/mol. The van der Waals surface area contributed by atoms with Gasteiger partial charge in [0.25, 0.3) is 0 Å². The van der Waals surface area contributed by atoms with Gasteiger partial charge in [0.05, 0.1) is 0 Å². The highest BCUT2D eigenvalue weighted by atomic mass is 16.1. The molecule has 0 saturated carbocycles. The topological polar surface area (TPSA) is 55.1 Å². The molecule has 19 heavy (non-hydrogen) atoms. The van der Waals surface area contributed by atoms with Gasteiger partial charge in [-0.1, -0.05) is 25.5 Å². The van der Waals surface area contributed by atoms with Crippen LogP contribution in [-0.4, -0.2) is 19.0 Å². The standard InChI is InChI=1S/C16H24N2O/c1-2-5-15(14-8-4-9-18-11-14)12-6-3-7-13(10-12)16(17)19/h3,6-7,10,14-15,18H,2,4-5,8-9,11H2,1H3,(H2,17,19). The number of piperidine rings is 1. The Balaban J connectivity index is 2.22. The third-order valence-corrected chi connectivity index (χ3v) is 4.10. The first-order chi connectivity index (χ1) is 9.22. The van der Waals surface area contributed by atoms with Gasteiger partial charge in [-0.05, 0) is 61.9 Å². The molecule has 104 valence electrons. The summed E-state index contributed by atoms with van der Waals surface area (Å²) < 4.78 is 0. The predicted molar refractivity (Wildman–Crippen MR) is 78.2 cm³/mol. The number of nitrogens with two attached hydrogens (primary N) is 1. The monoisotopic (exact) mass is 260 g/mol. The summed E-state index contributed by atoms with van der Waals surface area (Å²) in [4.78, 5) is 11.3. The van der Waals surface area contributed by atoms with Gasteiger partial charge in [0, 0.05) is 5.56 Å². The Bertz CT molecular complexity index is 425. The third kappa shape index (κ3) is 3.57. The van der Waals surface area contributed by atoms with Crippen LogP contribution in [0.15, 0.2) is 24.3 Å². The third-order valence-electron chi connectivity index (χ3n) is 4.10. The molecule has 0 bridgehead atoms. The van der Waals surface area contributed by atoms with Crippen molar-refractivity contribution in [3.05, 3.63) is 35.4 Å². The van der Waals surface area contributed by atoms with E-state index >= 15 is 0 Å². The van der Waals surface area contributed by atoms with Crippen LogP contribution in [0.25, 0.3) is 0 Å². The first-order valence-electron chi connectivity index (χ1n) is 7.33. The van der Waals surface area contributed by atoms with Crippen molar-refractivity contribution in [3.63, 3.8) is 0 Å². The van der Waals surface area contributed by atoms with Crippen molar-refractivity contribution in [2.75, 3.05) is 13.1 Å².